The van der Waals surface area contributed by atoms with Gasteiger partial charge < -0.3 is 5.32 Å². The van der Waals surface area contributed by atoms with Crippen molar-refractivity contribution in [1.82, 2.24) is 24.1 Å². The van der Waals surface area contributed by atoms with Gasteiger partial charge in [0.25, 0.3) is 6.43 Å². The highest BCUT2D eigenvalue weighted by molar-refractivity contribution is 14.2. The molecule has 0 unspecified atom stereocenters. The quantitative estimate of drug-likeness (QED) is 0.282. The van der Waals surface area contributed by atoms with E-state index >= 15 is 0 Å². The summed E-state index contributed by atoms with van der Waals surface area (Å²) in [6.45, 7) is 1.77. The Bertz CT molecular complexity index is 1270. The monoisotopic (exact) mass is 569 g/mol. The fourth-order valence-corrected chi connectivity index (χ4v) is 5.43. The minimum Gasteiger partial charge on any atom is -0.317 e. The average Bonchev–Trinajstić information content (AvgIpc) is 3.40. The molecule has 0 amide bonds. The number of pyridine rings is 1. The predicted molar refractivity (Wildman–Crippen MR) is 129 cm³/mol. The summed E-state index contributed by atoms with van der Waals surface area (Å²) in [5, 5.41) is 8.20. The molecule has 166 valence electrons. The lowest BCUT2D eigenvalue weighted by Crippen LogP contribution is -2.29. The number of nitrogens with one attached hydrogen (secondary N) is 1. The van der Waals surface area contributed by atoms with Gasteiger partial charge in [-0.2, -0.15) is 4.39 Å². The molecule has 1 N–H and O–H groups in total. The van der Waals surface area contributed by atoms with Crippen molar-refractivity contribution in [1.29, 1.82) is 0 Å². The van der Waals surface area contributed by atoms with Gasteiger partial charge in [-0.05, 0) is 43.6 Å². The normalized spacial score (nSPS) is 15.2. The van der Waals surface area contributed by atoms with Gasteiger partial charge in [0.05, 0.1) is 11.6 Å². The third kappa shape index (κ3) is 4.03. The molecule has 10 heteroatoms. The Morgan fingerprint density at radius 3 is 2.66 bits per heavy atom. The maximum Gasteiger partial charge on any atom is 0.263 e. The van der Waals surface area contributed by atoms with E-state index in [4.69, 9.17) is 0 Å². The molecule has 1 aromatic carbocycles. The van der Waals surface area contributed by atoms with E-state index in [1.54, 1.807) is 29.2 Å². The highest BCUT2D eigenvalue weighted by Crippen LogP contribution is 2.37. The van der Waals surface area contributed by atoms with Crippen molar-refractivity contribution in [3.8, 4) is 22.3 Å². The summed E-state index contributed by atoms with van der Waals surface area (Å²) in [5.74, 6) is -0.534. The van der Waals surface area contributed by atoms with Crippen LogP contribution in [0.1, 0.15) is 30.9 Å². The van der Waals surface area contributed by atoms with Crippen molar-refractivity contribution in [2.75, 3.05) is 13.1 Å². The maximum atomic E-state index is 14.8. The summed E-state index contributed by atoms with van der Waals surface area (Å²) in [4.78, 5) is 4.57. The van der Waals surface area contributed by atoms with Gasteiger partial charge in [-0.15, -0.1) is 5.10 Å². The largest absolute Gasteiger partial charge is 0.317 e. The van der Waals surface area contributed by atoms with Crippen molar-refractivity contribution < 1.29 is 13.2 Å². The van der Waals surface area contributed by atoms with Gasteiger partial charge in [-0.25, -0.2) is 13.8 Å². The number of nitrogens with zero attached hydrogens (tertiary/aromatic N) is 4. The number of halogens is 4. The van der Waals surface area contributed by atoms with Crippen molar-refractivity contribution in [3.05, 3.63) is 60.4 Å². The van der Waals surface area contributed by atoms with Crippen molar-refractivity contribution in [2.24, 2.45) is 0 Å². The number of piperidine rings is 1. The third-order valence-electron chi connectivity index (χ3n) is 5.82. The number of hydrogen-bond donors (Lipinski definition) is 1. The highest BCUT2D eigenvalue weighted by atomic mass is 127. The van der Waals surface area contributed by atoms with Crippen LogP contribution >= 0.6 is 30.3 Å². The SMILES string of the molecule is Fc1nn(C2CCNCC2)cc1-c1cnc2c(c1)c(-c1cccc(C(F)F)c1)cn2SI. The first kappa shape index (κ1) is 21.8. The van der Waals surface area contributed by atoms with E-state index in [0.717, 1.165) is 36.9 Å². The third-order valence-corrected chi connectivity index (χ3v) is 7.52. The predicted octanol–water partition coefficient (Wildman–Crippen LogP) is 6.41. The summed E-state index contributed by atoms with van der Waals surface area (Å²) < 4.78 is 44.9. The number of benzene rings is 1. The van der Waals surface area contributed by atoms with Crippen LogP contribution in [0.3, 0.4) is 0 Å². The summed E-state index contributed by atoms with van der Waals surface area (Å²) in [5.41, 5.74) is 3.09. The molecule has 0 atom stereocenters. The zero-order chi connectivity index (χ0) is 22.2. The summed E-state index contributed by atoms with van der Waals surface area (Å²) in [6.07, 6.45) is 4.51. The van der Waals surface area contributed by atoms with Crippen LogP contribution in [0, 0.1) is 5.95 Å². The minimum absolute atomic E-state index is 0.0380. The van der Waals surface area contributed by atoms with E-state index in [0.29, 0.717) is 22.3 Å². The second-order valence-electron chi connectivity index (χ2n) is 7.75. The van der Waals surface area contributed by atoms with Crippen LogP contribution in [-0.4, -0.2) is 31.8 Å². The van der Waals surface area contributed by atoms with E-state index in [1.807, 2.05) is 16.2 Å². The number of alkyl halides is 2. The Hall–Kier alpha value is -2.05. The van der Waals surface area contributed by atoms with Gasteiger partial charge >= 0.3 is 0 Å². The minimum atomic E-state index is -2.55. The van der Waals surface area contributed by atoms with Crippen molar-refractivity contribution >= 4 is 41.4 Å². The molecule has 1 saturated heterocycles. The molecule has 1 fully saturated rings. The van der Waals surface area contributed by atoms with Gasteiger partial charge in [0, 0.05) is 71.0 Å². The van der Waals surface area contributed by atoms with Crippen LogP contribution in [-0.2, 0) is 0 Å². The summed E-state index contributed by atoms with van der Waals surface area (Å²) in [6, 6.07) is 8.35. The Balaban J connectivity index is 1.60. The van der Waals surface area contributed by atoms with Gasteiger partial charge in [-0.1, -0.05) is 18.2 Å². The Labute approximate surface area is 199 Å². The standard InChI is InChI=1S/C22H19F3IN5S/c23-20(24)14-3-1-2-13(8-14)18-12-31(32-26)22-17(18)9-15(10-28-22)19-11-30(29-21(19)25)16-4-6-27-7-5-16/h1-3,8-12,16,20,27H,4-7H2. The molecule has 5 nitrogen and oxygen atoms in total. The molecule has 0 bridgehead atoms. The van der Waals surface area contributed by atoms with Crippen LogP contribution in [0.4, 0.5) is 13.2 Å². The first-order valence-electron chi connectivity index (χ1n) is 10.2. The molecule has 0 saturated carbocycles. The number of hydrogen-bond acceptors (Lipinski definition) is 4. The molecule has 1 aliphatic rings. The smallest absolute Gasteiger partial charge is 0.263 e. The molecule has 4 heterocycles. The van der Waals surface area contributed by atoms with Crippen molar-refractivity contribution in [2.45, 2.75) is 25.3 Å². The van der Waals surface area contributed by atoms with Gasteiger partial charge in [0.1, 0.15) is 0 Å². The zero-order valence-electron chi connectivity index (χ0n) is 16.8. The average molecular weight is 569 g/mol. The fraction of sp³-hybridized carbons (Fsp3) is 0.273. The summed E-state index contributed by atoms with van der Waals surface area (Å²) in [7, 11) is 1.43. The van der Waals surface area contributed by atoms with Crippen LogP contribution < -0.4 is 5.32 Å². The van der Waals surface area contributed by atoms with Gasteiger partial charge in [0.15, 0.2) is 5.65 Å². The van der Waals surface area contributed by atoms with E-state index in [2.05, 4.69) is 36.6 Å². The van der Waals surface area contributed by atoms with Crippen LogP contribution in [0.2, 0.25) is 0 Å². The Kier molecular flexibility index (Phi) is 6.17. The lowest BCUT2D eigenvalue weighted by molar-refractivity contribution is 0.151. The molecule has 0 radical (unpaired) electrons. The number of fused-ring (bicyclic) bond motifs is 1. The molecule has 0 spiro atoms. The molecular weight excluding hydrogens is 550 g/mol. The number of aromatic nitrogens is 4. The van der Waals surface area contributed by atoms with Crippen LogP contribution in [0.25, 0.3) is 33.3 Å². The topological polar surface area (TPSA) is 47.7 Å². The second kappa shape index (κ2) is 9.06. The first-order valence-corrected chi connectivity index (χ1v) is 13.5. The molecule has 32 heavy (non-hydrogen) atoms. The highest BCUT2D eigenvalue weighted by Gasteiger charge is 2.21. The lowest BCUT2D eigenvalue weighted by Gasteiger charge is -2.22. The van der Waals surface area contributed by atoms with E-state index < -0.39 is 12.4 Å². The Morgan fingerprint density at radius 2 is 1.91 bits per heavy atom. The van der Waals surface area contributed by atoms with Crippen molar-refractivity contribution in [3.63, 3.8) is 0 Å². The molecule has 5 rings (SSSR count). The molecule has 1 aliphatic heterocycles. The van der Waals surface area contributed by atoms with Gasteiger partial charge in [-0.3, -0.25) is 8.65 Å². The van der Waals surface area contributed by atoms with Gasteiger partial charge in [0.2, 0.25) is 5.95 Å². The Morgan fingerprint density at radius 1 is 1.09 bits per heavy atom. The molecule has 4 aromatic rings. The second-order valence-corrected chi connectivity index (χ2v) is 9.47. The molecule has 3 aromatic heterocycles. The van der Waals surface area contributed by atoms with E-state index in [9.17, 15) is 13.2 Å². The van der Waals surface area contributed by atoms with Crippen LogP contribution in [0.15, 0.2) is 48.9 Å². The maximum absolute atomic E-state index is 14.8. The zero-order valence-corrected chi connectivity index (χ0v) is 19.8. The van der Waals surface area contributed by atoms with Crippen LogP contribution in [0.5, 0.6) is 0 Å². The lowest BCUT2D eigenvalue weighted by atomic mass is 10.0. The number of rotatable bonds is 5. The molecular formula is C22H19F3IN5S. The van der Waals surface area contributed by atoms with E-state index in [-0.39, 0.29) is 11.6 Å². The van der Waals surface area contributed by atoms with E-state index in [1.165, 1.54) is 21.3 Å². The first-order chi connectivity index (χ1) is 15.5. The molecule has 0 aliphatic carbocycles. The summed E-state index contributed by atoms with van der Waals surface area (Å²) >= 11 is 2.15. The fourth-order valence-electron chi connectivity index (χ4n) is 4.17.